The van der Waals surface area contributed by atoms with E-state index in [1.54, 1.807) is 0 Å². The van der Waals surface area contributed by atoms with Gasteiger partial charge in [-0.15, -0.1) is 0 Å². The predicted octanol–water partition coefficient (Wildman–Crippen LogP) is 3.20. The Morgan fingerprint density at radius 2 is 1.77 bits per heavy atom. The van der Waals surface area contributed by atoms with Gasteiger partial charge in [0.15, 0.2) is 0 Å². The van der Waals surface area contributed by atoms with E-state index >= 15 is 0 Å². The number of unbranched alkanes of at least 4 members (excludes halogenated alkanes) is 2. The minimum atomic E-state index is -2.22. The van der Waals surface area contributed by atoms with Gasteiger partial charge < -0.3 is 5.32 Å². The van der Waals surface area contributed by atoms with Gasteiger partial charge in [-0.2, -0.15) is 0 Å². The van der Waals surface area contributed by atoms with E-state index in [4.69, 9.17) is 0 Å². The standard InChI is InChI=1S/C10H21F2N/c1-3-5-6-7-9(10(11)12)13-8-4-2/h9-10,13H,3-8H2,1-2H3. The molecule has 13 heavy (non-hydrogen) atoms. The lowest BCUT2D eigenvalue weighted by molar-refractivity contribution is 0.0929. The average Bonchev–Trinajstić information content (AvgIpc) is 2.10. The molecule has 1 nitrogen and oxygen atoms in total. The van der Waals surface area contributed by atoms with Crippen LogP contribution in [-0.2, 0) is 0 Å². The van der Waals surface area contributed by atoms with Crippen molar-refractivity contribution in [3.63, 3.8) is 0 Å². The molecule has 0 amide bonds. The molecule has 0 rings (SSSR count). The van der Waals surface area contributed by atoms with Crippen molar-refractivity contribution in [2.75, 3.05) is 6.54 Å². The minimum Gasteiger partial charge on any atom is -0.309 e. The highest BCUT2D eigenvalue weighted by molar-refractivity contribution is 4.68. The molecule has 0 fully saturated rings. The van der Waals surface area contributed by atoms with Crippen LogP contribution in [0.1, 0.15) is 46.0 Å². The Labute approximate surface area is 79.9 Å². The highest BCUT2D eigenvalue weighted by Gasteiger charge is 2.17. The largest absolute Gasteiger partial charge is 0.309 e. The molecule has 80 valence electrons. The van der Waals surface area contributed by atoms with Crippen LogP contribution in [0.15, 0.2) is 0 Å². The second-order valence-corrected chi connectivity index (χ2v) is 3.39. The topological polar surface area (TPSA) is 12.0 Å². The lowest BCUT2D eigenvalue weighted by Gasteiger charge is -2.16. The molecule has 1 unspecified atom stereocenters. The fourth-order valence-corrected chi connectivity index (χ4v) is 1.26. The summed E-state index contributed by atoms with van der Waals surface area (Å²) in [6.45, 7) is 4.76. The first-order valence-electron chi connectivity index (χ1n) is 5.23. The summed E-state index contributed by atoms with van der Waals surface area (Å²) in [5.74, 6) is 0. The Morgan fingerprint density at radius 1 is 1.08 bits per heavy atom. The molecule has 0 saturated carbocycles. The summed E-state index contributed by atoms with van der Waals surface area (Å²) in [5, 5.41) is 2.88. The molecule has 0 spiro atoms. The van der Waals surface area contributed by atoms with Crippen LogP contribution in [-0.4, -0.2) is 19.0 Å². The Kier molecular flexibility index (Phi) is 8.30. The molecule has 0 radical (unpaired) electrons. The zero-order valence-electron chi connectivity index (χ0n) is 8.65. The van der Waals surface area contributed by atoms with Gasteiger partial charge in [0.25, 0.3) is 6.43 Å². The summed E-state index contributed by atoms with van der Waals surface area (Å²) in [5.41, 5.74) is 0. The number of halogens is 2. The SMILES string of the molecule is CCCCCC(NCCC)C(F)F. The van der Waals surface area contributed by atoms with E-state index in [2.05, 4.69) is 12.2 Å². The lowest BCUT2D eigenvalue weighted by Crippen LogP contribution is -2.36. The van der Waals surface area contributed by atoms with Gasteiger partial charge in [-0.25, -0.2) is 8.78 Å². The van der Waals surface area contributed by atoms with Gasteiger partial charge >= 0.3 is 0 Å². The third-order valence-electron chi connectivity index (χ3n) is 2.08. The fraction of sp³-hybridized carbons (Fsp3) is 1.00. The second kappa shape index (κ2) is 8.42. The normalized spacial score (nSPS) is 13.6. The van der Waals surface area contributed by atoms with Crippen LogP contribution in [0, 0.1) is 0 Å². The zero-order valence-corrected chi connectivity index (χ0v) is 8.65. The first-order chi connectivity index (χ1) is 6.22. The molecular formula is C10H21F2N. The number of rotatable bonds is 8. The molecule has 0 aromatic carbocycles. The molecule has 0 aromatic rings. The highest BCUT2D eigenvalue weighted by Crippen LogP contribution is 2.10. The van der Waals surface area contributed by atoms with Gasteiger partial charge in [-0.1, -0.05) is 33.1 Å². The van der Waals surface area contributed by atoms with Gasteiger partial charge in [0, 0.05) is 0 Å². The zero-order chi connectivity index (χ0) is 10.1. The Morgan fingerprint density at radius 3 is 2.23 bits per heavy atom. The van der Waals surface area contributed by atoms with Crippen molar-refractivity contribution in [2.45, 2.75) is 58.4 Å². The molecule has 0 aliphatic heterocycles. The van der Waals surface area contributed by atoms with Gasteiger partial charge in [-0.05, 0) is 19.4 Å². The molecule has 1 N–H and O–H groups in total. The fourth-order valence-electron chi connectivity index (χ4n) is 1.26. The Balaban J connectivity index is 3.54. The van der Waals surface area contributed by atoms with E-state index in [0.29, 0.717) is 13.0 Å². The molecule has 1 atom stereocenters. The molecule has 0 heterocycles. The van der Waals surface area contributed by atoms with E-state index in [1.807, 2.05) is 6.92 Å². The molecule has 0 aliphatic rings. The van der Waals surface area contributed by atoms with Crippen molar-refractivity contribution in [2.24, 2.45) is 0 Å². The first-order valence-corrected chi connectivity index (χ1v) is 5.23. The van der Waals surface area contributed by atoms with Gasteiger partial charge in [-0.3, -0.25) is 0 Å². The Bertz CT molecular complexity index is 107. The van der Waals surface area contributed by atoms with Crippen molar-refractivity contribution in [3.8, 4) is 0 Å². The summed E-state index contributed by atoms with van der Waals surface area (Å²) in [6.07, 6.45) is 2.34. The summed E-state index contributed by atoms with van der Waals surface area (Å²) in [6, 6.07) is -0.591. The van der Waals surface area contributed by atoms with Gasteiger partial charge in [0.2, 0.25) is 0 Å². The maximum Gasteiger partial charge on any atom is 0.253 e. The average molecular weight is 193 g/mol. The van der Waals surface area contributed by atoms with Crippen LogP contribution in [0.3, 0.4) is 0 Å². The van der Waals surface area contributed by atoms with Crippen LogP contribution >= 0.6 is 0 Å². The second-order valence-electron chi connectivity index (χ2n) is 3.39. The molecule has 3 heteroatoms. The highest BCUT2D eigenvalue weighted by atomic mass is 19.3. The van der Waals surface area contributed by atoms with E-state index in [9.17, 15) is 8.78 Å². The number of hydrogen-bond donors (Lipinski definition) is 1. The van der Waals surface area contributed by atoms with Crippen molar-refractivity contribution in [3.05, 3.63) is 0 Å². The van der Waals surface area contributed by atoms with Crippen LogP contribution in [0.4, 0.5) is 8.78 Å². The van der Waals surface area contributed by atoms with Crippen molar-refractivity contribution in [1.82, 2.24) is 5.32 Å². The van der Waals surface area contributed by atoms with Crippen molar-refractivity contribution >= 4 is 0 Å². The van der Waals surface area contributed by atoms with E-state index in [1.165, 1.54) is 0 Å². The third kappa shape index (κ3) is 6.94. The minimum absolute atomic E-state index is 0.591. The monoisotopic (exact) mass is 193 g/mol. The van der Waals surface area contributed by atoms with Crippen molar-refractivity contribution in [1.29, 1.82) is 0 Å². The van der Waals surface area contributed by atoms with Crippen LogP contribution in [0.5, 0.6) is 0 Å². The summed E-state index contributed by atoms with van der Waals surface area (Å²) in [4.78, 5) is 0. The summed E-state index contributed by atoms with van der Waals surface area (Å²) >= 11 is 0. The quantitative estimate of drug-likeness (QED) is 0.584. The summed E-state index contributed by atoms with van der Waals surface area (Å²) < 4.78 is 24.8. The third-order valence-corrected chi connectivity index (χ3v) is 2.08. The summed E-state index contributed by atoms with van der Waals surface area (Å²) in [7, 11) is 0. The lowest BCUT2D eigenvalue weighted by atomic mass is 10.1. The van der Waals surface area contributed by atoms with Crippen LogP contribution < -0.4 is 5.32 Å². The van der Waals surface area contributed by atoms with E-state index in [0.717, 1.165) is 25.7 Å². The maximum absolute atomic E-state index is 12.4. The van der Waals surface area contributed by atoms with Gasteiger partial charge in [0.1, 0.15) is 0 Å². The first kappa shape index (κ1) is 12.8. The molecular weight excluding hydrogens is 172 g/mol. The molecule has 0 aromatic heterocycles. The van der Waals surface area contributed by atoms with E-state index in [-0.39, 0.29) is 0 Å². The number of nitrogens with one attached hydrogen (secondary N) is 1. The Hall–Kier alpha value is -0.180. The van der Waals surface area contributed by atoms with Crippen LogP contribution in [0.25, 0.3) is 0 Å². The van der Waals surface area contributed by atoms with E-state index < -0.39 is 12.5 Å². The predicted molar refractivity (Wildman–Crippen MR) is 52.2 cm³/mol. The number of hydrogen-bond acceptors (Lipinski definition) is 1. The smallest absolute Gasteiger partial charge is 0.253 e. The van der Waals surface area contributed by atoms with Crippen LogP contribution in [0.2, 0.25) is 0 Å². The van der Waals surface area contributed by atoms with Gasteiger partial charge in [0.05, 0.1) is 6.04 Å². The molecule has 0 aliphatic carbocycles. The van der Waals surface area contributed by atoms with Crippen molar-refractivity contribution < 1.29 is 8.78 Å². The molecule has 0 saturated heterocycles. The maximum atomic E-state index is 12.4. The number of alkyl halides is 2. The molecule has 0 bridgehead atoms.